The van der Waals surface area contributed by atoms with Crippen LogP contribution in [0.4, 0.5) is 0 Å². The zero-order valence-corrected chi connectivity index (χ0v) is 68.5. The molecule has 558 valence electrons. The average molecular weight is 1610 g/mol. The third-order valence-corrected chi connectivity index (χ3v) is 20.8. The lowest BCUT2D eigenvalue weighted by Gasteiger charge is -2.49. The van der Waals surface area contributed by atoms with Crippen molar-refractivity contribution in [3.8, 4) is 0 Å². The number of thioether (sulfide) groups is 13. The van der Waals surface area contributed by atoms with E-state index in [0.717, 1.165) is 106 Å². The third-order valence-electron chi connectivity index (χ3n) is 13.5. The molecule has 2 rings (SSSR count). The minimum atomic E-state index is -1.59. The van der Waals surface area contributed by atoms with Gasteiger partial charge in [0, 0.05) is 86.9 Å². The summed E-state index contributed by atoms with van der Waals surface area (Å²) < 4.78 is 34.2. The molecule has 2 aliphatic rings. The highest BCUT2D eigenvalue weighted by Gasteiger charge is 2.62. The van der Waals surface area contributed by atoms with Gasteiger partial charge in [-0.3, -0.25) is 57.5 Å². The quantitative estimate of drug-likeness (QED) is 0.0311. The fourth-order valence-corrected chi connectivity index (χ4v) is 13.8. The molecule has 0 aromatic heterocycles. The van der Waals surface area contributed by atoms with E-state index in [4.69, 9.17) is 28.4 Å². The van der Waals surface area contributed by atoms with E-state index in [-0.39, 0.29) is 69.8 Å². The fourth-order valence-electron chi connectivity index (χ4n) is 9.47. The smallest absolute Gasteiger partial charge is 0.316 e. The minimum absolute atomic E-state index is 0.00238. The summed E-state index contributed by atoms with van der Waals surface area (Å²) in [6, 6.07) is 0. The zero-order chi connectivity index (χ0) is 73.1. The van der Waals surface area contributed by atoms with Crippen LogP contribution in [0.2, 0.25) is 0 Å². The maximum Gasteiger partial charge on any atom is 0.316 e. The van der Waals surface area contributed by atoms with Crippen LogP contribution in [0.25, 0.3) is 0 Å². The number of amides is 5. The van der Waals surface area contributed by atoms with Crippen LogP contribution in [0.1, 0.15) is 19.3 Å². The average Bonchev–Trinajstić information content (AvgIpc) is 0.739. The predicted molar refractivity (Wildman–Crippen MR) is 417 cm³/mol. The first-order valence-electron chi connectivity index (χ1n) is 30.4. The molecule has 2 fully saturated rings. The monoisotopic (exact) mass is 1610 g/mol. The molecule has 24 nitrogen and oxygen atoms in total. The number of nitrogens with zero attached hydrogens (tertiary/aromatic N) is 1. The van der Waals surface area contributed by atoms with Crippen molar-refractivity contribution in [1.29, 1.82) is 0 Å². The number of carbonyl (C=O) groups excluding carboxylic acids is 12. The van der Waals surface area contributed by atoms with Crippen LogP contribution in [-0.4, -0.2) is 315 Å². The Morgan fingerprint density at radius 1 is 0.320 bits per heavy atom. The van der Waals surface area contributed by atoms with E-state index < -0.39 is 96.1 Å². The second-order valence-corrected chi connectivity index (χ2v) is 32.5. The lowest BCUT2D eigenvalue weighted by Crippen LogP contribution is -2.69. The SMILES string of the molecule is C=C(NCCSC)C1C(C(=O)NCCSC)C(C(=O)NCCSC)C1C(=O)NCCSC.CSCC(=O)CCCCN(CCNC(=O)CSC)C(=O)CSC.CSCC(=O)OC1C(OC(=O)CSC)C(OC(=O)CSC)C(OC(=O)CSC)C(OC(=O)CSC)C1OC(=O)CSC. The van der Waals surface area contributed by atoms with Crippen molar-refractivity contribution in [1.82, 2.24) is 31.5 Å². The molecule has 97 heavy (non-hydrogen) atoms. The molecular weight excluding hydrogens is 1510 g/mol. The minimum Gasteiger partial charge on any atom is -0.453 e. The molecule has 0 saturated heterocycles. The fraction of sp³-hybridized carbons (Fsp3) is 0.767. The van der Waals surface area contributed by atoms with Gasteiger partial charge in [-0.2, -0.15) is 153 Å². The Balaban J connectivity index is 0.00000149. The van der Waals surface area contributed by atoms with Crippen molar-refractivity contribution in [2.45, 2.75) is 55.9 Å². The zero-order valence-electron chi connectivity index (χ0n) is 57.8. The Morgan fingerprint density at radius 3 is 0.897 bits per heavy atom. The number of ketones is 1. The molecule has 2 unspecified atom stereocenters. The van der Waals surface area contributed by atoms with Gasteiger partial charge in [-0.1, -0.05) is 6.58 Å². The lowest BCUT2D eigenvalue weighted by molar-refractivity contribution is -0.258. The number of carbonyl (C=O) groups is 12. The van der Waals surface area contributed by atoms with Crippen LogP contribution < -0.4 is 26.6 Å². The van der Waals surface area contributed by atoms with E-state index in [2.05, 4.69) is 33.2 Å². The van der Waals surface area contributed by atoms with Gasteiger partial charge in [-0.15, -0.1) is 0 Å². The summed E-state index contributed by atoms with van der Waals surface area (Å²) in [4.78, 5) is 153. The van der Waals surface area contributed by atoms with Crippen LogP contribution in [0.3, 0.4) is 0 Å². The van der Waals surface area contributed by atoms with Gasteiger partial charge in [0.1, 0.15) is 5.78 Å². The molecule has 37 heteroatoms. The van der Waals surface area contributed by atoms with Crippen LogP contribution in [0.5, 0.6) is 0 Å². The molecular formula is C60H102N6O18S13. The molecule has 0 spiro atoms. The second-order valence-electron chi connectivity index (χ2n) is 20.7. The highest BCUT2D eigenvalue weighted by Crippen LogP contribution is 2.50. The van der Waals surface area contributed by atoms with Crippen LogP contribution in [0, 0.1) is 23.7 Å². The van der Waals surface area contributed by atoms with Crippen molar-refractivity contribution >= 4 is 224 Å². The molecule has 2 aliphatic carbocycles. The van der Waals surface area contributed by atoms with Crippen LogP contribution >= 0.6 is 153 Å². The first-order valence-corrected chi connectivity index (χ1v) is 48.5. The summed E-state index contributed by atoms with van der Waals surface area (Å²) in [5.74, 6) is -3.16. The standard InChI is InChI=1S/C24H36O12S6.C21H38N4O3S4.C15H28N2O3S3/c1-37-7-13(25)31-19-20(32-14(26)8-38-2)22(34-16(28)10-40-4)24(36-18(30)12-42-6)23(35-17(29)11-41-5)21(19)33-15(27)9-39-3;1-14(22-6-10-29-2)15-16(19(26)23-7-11-30-3)18(21(28)25-9-13-32-5)17(15)20(27)24-8-12-31-4;1-21-10-13(18)6-4-5-8-17(15(20)12-23-3)9-7-16-14(19)11-22-2/h19-24H,7-12H2,1-6H3;15-18,22H,1,6-13H2,2-5H3,(H,23,26)(H,24,27)(H,25,28);4-12H2,1-3H3,(H,16,19). The van der Waals surface area contributed by atoms with Gasteiger partial charge in [-0.05, 0) is 94.2 Å². The van der Waals surface area contributed by atoms with Gasteiger partial charge in [-0.25, -0.2) is 0 Å². The molecule has 0 heterocycles. The van der Waals surface area contributed by atoms with Crippen LogP contribution in [0.15, 0.2) is 12.3 Å². The van der Waals surface area contributed by atoms with Crippen molar-refractivity contribution in [2.24, 2.45) is 23.7 Å². The van der Waals surface area contributed by atoms with Gasteiger partial charge < -0.3 is 59.9 Å². The van der Waals surface area contributed by atoms with Crippen LogP contribution in [-0.2, 0) is 86.0 Å². The molecule has 0 radical (unpaired) electrons. The van der Waals surface area contributed by atoms with E-state index in [1.807, 2.05) is 43.8 Å². The van der Waals surface area contributed by atoms with E-state index in [0.29, 0.717) is 75.2 Å². The normalized spacial score (nSPS) is 19.8. The lowest BCUT2D eigenvalue weighted by atomic mass is 9.54. The maximum atomic E-state index is 13.1. The van der Waals surface area contributed by atoms with Crippen molar-refractivity contribution < 1.29 is 86.0 Å². The van der Waals surface area contributed by atoms with E-state index in [9.17, 15) is 57.5 Å². The van der Waals surface area contributed by atoms with Gasteiger partial charge in [0.2, 0.25) is 29.5 Å². The largest absolute Gasteiger partial charge is 0.453 e. The highest BCUT2D eigenvalue weighted by molar-refractivity contribution is 8.01. The predicted octanol–water partition coefficient (Wildman–Crippen LogP) is 4.78. The third kappa shape index (κ3) is 39.4. The summed E-state index contributed by atoms with van der Waals surface area (Å²) in [6.45, 7) is 8.06. The Bertz CT molecular complexity index is 2090. The number of Topliss-reactive ketones (excluding diaryl/α,β-unsaturated/α-hetero) is 1. The summed E-state index contributed by atoms with van der Waals surface area (Å²) >= 11 is 18.1. The summed E-state index contributed by atoms with van der Waals surface area (Å²) in [7, 11) is 0. The Kier molecular flexibility index (Phi) is 58.1. The molecule has 0 aromatic carbocycles. The highest BCUT2D eigenvalue weighted by atomic mass is 32.2. The van der Waals surface area contributed by atoms with E-state index in [1.54, 1.807) is 101 Å². The molecule has 0 aliphatic heterocycles. The van der Waals surface area contributed by atoms with Crippen molar-refractivity contribution in [3.63, 3.8) is 0 Å². The number of hydrogen-bond donors (Lipinski definition) is 5. The molecule has 0 bridgehead atoms. The van der Waals surface area contributed by atoms with Gasteiger partial charge in [0.15, 0.2) is 36.6 Å². The van der Waals surface area contributed by atoms with Gasteiger partial charge >= 0.3 is 35.8 Å². The van der Waals surface area contributed by atoms with Crippen molar-refractivity contribution in [3.05, 3.63) is 12.3 Å². The number of esters is 6. The van der Waals surface area contributed by atoms with Crippen molar-refractivity contribution in [2.75, 3.05) is 202 Å². The Labute approximate surface area is 629 Å². The number of nitrogens with one attached hydrogen (secondary N) is 5. The topological polar surface area (TPSA) is 324 Å². The van der Waals surface area contributed by atoms with E-state index >= 15 is 0 Å². The molecule has 2 saturated carbocycles. The summed E-state index contributed by atoms with van der Waals surface area (Å²) in [5, 5.41) is 14.9. The first-order chi connectivity index (χ1) is 46.5. The Morgan fingerprint density at radius 2 is 0.608 bits per heavy atom. The van der Waals surface area contributed by atoms with Gasteiger partial charge in [0.05, 0.1) is 69.5 Å². The molecule has 5 N–H and O–H groups in total. The van der Waals surface area contributed by atoms with E-state index in [1.165, 1.54) is 23.5 Å². The number of unbranched alkanes of at least 4 members (excludes halogenated alkanes) is 1. The molecule has 0 aromatic rings. The second kappa shape index (κ2) is 59.3. The number of rotatable bonds is 49. The maximum absolute atomic E-state index is 13.1. The number of allylic oxidation sites excluding steroid dienone is 1. The number of hydrogen-bond acceptors (Lipinski definition) is 32. The molecule has 5 amide bonds. The molecule has 2 atom stereocenters. The Hall–Kier alpha value is -2.07. The van der Waals surface area contributed by atoms with Gasteiger partial charge in [0.25, 0.3) is 0 Å². The summed E-state index contributed by atoms with van der Waals surface area (Å²) in [5.41, 5.74) is 0.655. The first kappa shape index (κ1) is 94.9. The number of ether oxygens (including phenoxy) is 6. The summed E-state index contributed by atoms with van der Waals surface area (Å²) in [6.07, 6.45) is 16.3.